The summed E-state index contributed by atoms with van der Waals surface area (Å²) in [6.07, 6.45) is -3.44. The molecule has 2 aromatic rings. The van der Waals surface area contributed by atoms with Gasteiger partial charge < -0.3 is 15.4 Å². The first-order chi connectivity index (χ1) is 10.8. The molecule has 0 bridgehead atoms. The molecule has 7 nitrogen and oxygen atoms in total. The summed E-state index contributed by atoms with van der Waals surface area (Å²) in [4.78, 5) is 21.5. The molecule has 0 aliphatic carbocycles. The third-order valence-corrected chi connectivity index (χ3v) is 2.89. The number of halogens is 3. The van der Waals surface area contributed by atoms with E-state index in [1.165, 1.54) is 23.0 Å². The molecule has 0 atom stereocenters. The summed E-state index contributed by atoms with van der Waals surface area (Å²) in [6, 6.07) is 5.78. The van der Waals surface area contributed by atoms with Crippen LogP contribution in [0.2, 0.25) is 0 Å². The minimum Gasteiger partial charge on any atom is -0.358 e. The first-order valence-corrected chi connectivity index (χ1v) is 6.41. The lowest BCUT2D eigenvalue weighted by Gasteiger charge is -2.13. The predicted molar refractivity (Wildman–Crippen MR) is 73.6 cm³/mol. The van der Waals surface area contributed by atoms with Crippen LogP contribution < -0.4 is 5.32 Å². The maximum atomic E-state index is 12.8. The predicted octanol–water partition coefficient (Wildman–Crippen LogP) is 2.84. The molecule has 1 amide bonds. The zero-order valence-corrected chi connectivity index (χ0v) is 11.6. The van der Waals surface area contributed by atoms with Crippen LogP contribution in [0.15, 0.2) is 36.5 Å². The van der Waals surface area contributed by atoms with Crippen LogP contribution in [0.25, 0.3) is 0 Å². The summed E-state index contributed by atoms with van der Waals surface area (Å²) in [5.74, 6) is -1.02. The molecule has 0 fully saturated rings. The van der Waals surface area contributed by atoms with Crippen molar-refractivity contribution in [1.82, 2.24) is 9.78 Å². The van der Waals surface area contributed by atoms with Gasteiger partial charge in [-0.2, -0.15) is 17.9 Å². The van der Waals surface area contributed by atoms with E-state index in [4.69, 9.17) is 0 Å². The first kappa shape index (κ1) is 16.5. The second-order valence-electron chi connectivity index (χ2n) is 4.54. The molecule has 23 heavy (non-hydrogen) atoms. The molecule has 10 heteroatoms. The van der Waals surface area contributed by atoms with Crippen LogP contribution in [0.4, 0.5) is 24.7 Å². The minimum absolute atomic E-state index is 0.00780. The van der Waals surface area contributed by atoms with Crippen molar-refractivity contribution < 1.29 is 22.9 Å². The highest BCUT2D eigenvalue weighted by Gasteiger charge is 2.33. The summed E-state index contributed by atoms with van der Waals surface area (Å²) >= 11 is 0. The van der Waals surface area contributed by atoms with Crippen molar-refractivity contribution in [3.63, 3.8) is 0 Å². The lowest BCUT2D eigenvalue weighted by atomic mass is 10.1. The van der Waals surface area contributed by atoms with Crippen molar-refractivity contribution in [2.45, 2.75) is 19.1 Å². The van der Waals surface area contributed by atoms with E-state index in [2.05, 4.69) is 10.4 Å². The Hall–Kier alpha value is -2.91. The summed E-state index contributed by atoms with van der Waals surface area (Å²) in [5, 5.41) is 16.3. The number of alkyl halides is 3. The lowest BCUT2D eigenvalue weighted by molar-refractivity contribution is -0.389. The molecule has 0 saturated heterocycles. The number of hydrogen-bond acceptors (Lipinski definition) is 4. The van der Waals surface area contributed by atoms with Crippen molar-refractivity contribution in [3.05, 3.63) is 52.2 Å². The first-order valence-electron chi connectivity index (χ1n) is 6.41. The molecule has 2 rings (SSSR count). The van der Waals surface area contributed by atoms with Gasteiger partial charge in [0.05, 0.1) is 35.2 Å². The Morgan fingerprint density at radius 2 is 2.00 bits per heavy atom. The van der Waals surface area contributed by atoms with E-state index in [-0.39, 0.29) is 24.5 Å². The molecule has 0 unspecified atom stereocenters. The SMILES string of the molecule is O=C(CCn1ccc([N+](=O)[O-])n1)Nc1ccccc1C(F)(F)F. The fourth-order valence-corrected chi connectivity index (χ4v) is 1.84. The molecular formula is C13H11F3N4O3. The van der Waals surface area contributed by atoms with Gasteiger partial charge in [-0.1, -0.05) is 12.1 Å². The van der Waals surface area contributed by atoms with Gasteiger partial charge in [0.25, 0.3) is 0 Å². The summed E-state index contributed by atoms with van der Waals surface area (Å²) in [7, 11) is 0. The lowest BCUT2D eigenvalue weighted by Crippen LogP contribution is -2.18. The molecular weight excluding hydrogens is 317 g/mol. The van der Waals surface area contributed by atoms with Crippen molar-refractivity contribution in [3.8, 4) is 0 Å². The van der Waals surface area contributed by atoms with Gasteiger partial charge in [-0.15, -0.1) is 0 Å². The topological polar surface area (TPSA) is 90.1 Å². The van der Waals surface area contributed by atoms with Crippen LogP contribution in [0, 0.1) is 10.1 Å². The van der Waals surface area contributed by atoms with E-state index in [1.54, 1.807) is 0 Å². The molecule has 0 spiro atoms. The number of carbonyl (C=O) groups is 1. The molecule has 1 aromatic carbocycles. The number of benzene rings is 1. The third-order valence-electron chi connectivity index (χ3n) is 2.89. The van der Waals surface area contributed by atoms with Crippen LogP contribution in [-0.2, 0) is 17.5 Å². The number of rotatable bonds is 5. The summed E-state index contributed by atoms with van der Waals surface area (Å²) in [5.41, 5.74) is -1.28. The number of aromatic nitrogens is 2. The van der Waals surface area contributed by atoms with Gasteiger partial charge >= 0.3 is 12.0 Å². The van der Waals surface area contributed by atoms with Crippen LogP contribution in [0.1, 0.15) is 12.0 Å². The maximum absolute atomic E-state index is 12.8. The largest absolute Gasteiger partial charge is 0.418 e. The van der Waals surface area contributed by atoms with E-state index >= 15 is 0 Å². The van der Waals surface area contributed by atoms with E-state index in [9.17, 15) is 28.1 Å². The Balaban J connectivity index is 1.99. The number of nitro groups is 1. The second-order valence-corrected chi connectivity index (χ2v) is 4.54. The van der Waals surface area contributed by atoms with E-state index < -0.39 is 22.6 Å². The Morgan fingerprint density at radius 3 is 2.61 bits per heavy atom. The normalized spacial score (nSPS) is 11.3. The van der Waals surface area contributed by atoms with Gasteiger partial charge in [0.2, 0.25) is 5.91 Å². The number of hydrogen-bond donors (Lipinski definition) is 1. The van der Waals surface area contributed by atoms with Gasteiger partial charge in [0, 0.05) is 6.42 Å². The smallest absolute Gasteiger partial charge is 0.358 e. The van der Waals surface area contributed by atoms with Crippen LogP contribution in [0.5, 0.6) is 0 Å². The van der Waals surface area contributed by atoms with Crippen molar-refractivity contribution in [1.29, 1.82) is 0 Å². The quantitative estimate of drug-likeness (QED) is 0.675. The molecule has 0 saturated carbocycles. The van der Waals surface area contributed by atoms with Crippen LogP contribution in [0.3, 0.4) is 0 Å². The van der Waals surface area contributed by atoms with E-state index in [1.807, 2.05) is 0 Å². The zero-order chi connectivity index (χ0) is 17.0. The molecule has 0 aliphatic heterocycles. The van der Waals surface area contributed by atoms with Gasteiger partial charge in [-0.25, -0.2) is 0 Å². The highest BCUT2D eigenvalue weighted by molar-refractivity contribution is 5.91. The van der Waals surface area contributed by atoms with Gasteiger partial charge in [0.1, 0.15) is 0 Å². The number of nitrogens with one attached hydrogen (secondary N) is 1. The zero-order valence-electron chi connectivity index (χ0n) is 11.6. The number of anilines is 1. The van der Waals surface area contributed by atoms with Crippen LogP contribution in [-0.4, -0.2) is 20.6 Å². The van der Waals surface area contributed by atoms with Crippen LogP contribution >= 0.6 is 0 Å². The Labute approximate surface area is 127 Å². The number of amides is 1. The Kier molecular flexibility index (Phi) is 4.63. The second kappa shape index (κ2) is 6.46. The van der Waals surface area contributed by atoms with Gasteiger partial charge in [-0.05, 0) is 17.1 Å². The number of carbonyl (C=O) groups excluding carboxylic acids is 1. The highest BCUT2D eigenvalue weighted by atomic mass is 19.4. The average molecular weight is 328 g/mol. The summed E-state index contributed by atoms with van der Waals surface area (Å²) in [6.45, 7) is 0.00780. The fraction of sp³-hybridized carbons (Fsp3) is 0.231. The number of para-hydroxylation sites is 1. The average Bonchev–Trinajstić information content (AvgIpc) is 2.94. The van der Waals surface area contributed by atoms with Gasteiger partial charge in [-0.3, -0.25) is 4.79 Å². The standard InChI is InChI=1S/C13H11F3N4O3/c14-13(15,16)9-3-1-2-4-10(9)17-12(21)6-8-19-7-5-11(18-19)20(22)23/h1-5,7H,6,8H2,(H,17,21). The monoisotopic (exact) mass is 328 g/mol. The molecule has 0 aliphatic rings. The van der Waals surface area contributed by atoms with E-state index in [0.717, 1.165) is 18.2 Å². The Morgan fingerprint density at radius 1 is 1.30 bits per heavy atom. The number of nitrogens with zero attached hydrogens (tertiary/aromatic N) is 3. The fourth-order valence-electron chi connectivity index (χ4n) is 1.84. The molecule has 1 aromatic heterocycles. The molecule has 1 N–H and O–H groups in total. The molecule has 0 radical (unpaired) electrons. The summed E-state index contributed by atoms with van der Waals surface area (Å²) < 4.78 is 39.6. The molecule has 122 valence electrons. The third kappa shape index (κ3) is 4.28. The highest BCUT2D eigenvalue weighted by Crippen LogP contribution is 2.34. The minimum atomic E-state index is -4.58. The van der Waals surface area contributed by atoms with Crippen molar-refractivity contribution >= 4 is 17.4 Å². The number of aryl methyl sites for hydroxylation is 1. The van der Waals surface area contributed by atoms with Gasteiger partial charge in [0.15, 0.2) is 0 Å². The maximum Gasteiger partial charge on any atom is 0.418 e. The molecule has 1 heterocycles. The Bertz CT molecular complexity index is 727. The van der Waals surface area contributed by atoms with Crippen molar-refractivity contribution in [2.75, 3.05) is 5.32 Å². The van der Waals surface area contributed by atoms with E-state index in [0.29, 0.717) is 0 Å². The van der Waals surface area contributed by atoms with Crippen molar-refractivity contribution in [2.24, 2.45) is 0 Å².